The van der Waals surface area contributed by atoms with E-state index < -0.39 is 0 Å². The normalized spacial score (nSPS) is 13.9. The molecule has 0 aliphatic carbocycles. The number of piperidine rings is 1. The van der Waals surface area contributed by atoms with Crippen molar-refractivity contribution in [2.45, 2.75) is 32.1 Å². The lowest BCUT2D eigenvalue weighted by Crippen LogP contribution is -2.29. The van der Waals surface area contributed by atoms with Crippen LogP contribution in [0.4, 0.5) is 11.5 Å². The highest BCUT2D eigenvalue weighted by Crippen LogP contribution is 2.28. The summed E-state index contributed by atoms with van der Waals surface area (Å²) in [5, 5.41) is 2.87. The Balaban J connectivity index is 1.51. The third-order valence-electron chi connectivity index (χ3n) is 4.83. The standard InChI is InChI=1S/C21H27N3O3/c1-26-18-9-6-16(14-19(18)27-2)7-11-21(25)23-20-10-8-17(15-22-20)24-12-4-3-5-13-24/h6,8-10,14-15H,3-5,7,11-13H2,1-2H3,(H,22,23,25). The zero-order chi connectivity index (χ0) is 19.1. The summed E-state index contributed by atoms with van der Waals surface area (Å²) in [6.07, 6.45) is 6.61. The molecule has 6 heteroatoms. The summed E-state index contributed by atoms with van der Waals surface area (Å²) in [4.78, 5) is 19.0. The van der Waals surface area contributed by atoms with E-state index in [1.807, 2.05) is 36.5 Å². The molecule has 1 aliphatic rings. The Hall–Kier alpha value is -2.76. The highest BCUT2D eigenvalue weighted by molar-refractivity contribution is 5.90. The molecule has 0 saturated carbocycles. The first kappa shape index (κ1) is 19.0. The molecule has 3 rings (SSSR count). The van der Waals surface area contributed by atoms with Crippen LogP contribution in [0.15, 0.2) is 36.5 Å². The van der Waals surface area contributed by atoms with Crippen LogP contribution in [0.25, 0.3) is 0 Å². The number of anilines is 2. The van der Waals surface area contributed by atoms with Crippen LogP contribution in [0.2, 0.25) is 0 Å². The number of carbonyl (C=O) groups excluding carboxylic acids is 1. The number of hydrogen-bond donors (Lipinski definition) is 1. The fourth-order valence-electron chi connectivity index (χ4n) is 3.30. The van der Waals surface area contributed by atoms with Gasteiger partial charge in [0, 0.05) is 19.5 Å². The molecule has 1 N–H and O–H groups in total. The van der Waals surface area contributed by atoms with Crippen molar-refractivity contribution in [1.29, 1.82) is 0 Å². The molecule has 2 heterocycles. The second-order valence-electron chi connectivity index (χ2n) is 6.69. The molecule has 0 radical (unpaired) electrons. The number of pyridine rings is 1. The molecular formula is C21H27N3O3. The Labute approximate surface area is 160 Å². The molecule has 1 fully saturated rings. The maximum atomic E-state index is 12.2. The molecule has 1 amide bonds. The minimum atomic E-state index is -0.0528. The third-order valence-corrected chi connectivity index (χ3v) is 4.83. The van der Waals surface area contributed by atoms with Gasteiger partial charge in [0.25, 0.3) is 0 Å². The Kier molecular flexibility index (Phi) is 6.52. The zero-order valence-corrected chi connectivity index (χ0v) is 16.0. The van der Waals surface area contributed by atoms with E-state index in [-0.39, 0.29) is 5.91 Å². The molecule has 2 aromatic rings. The topological polar surface area (TPSA) is 63.7 Å². The van der Waals surface area contributed by atoms with Gasteiger partial charge in [-0.15, -0.1) is 0 Å². The predicted octanol–water partition coefficient (Wildman–Crippen LogP) is 3.66. The maximum absolute atomic E-state index is 12.2. The first-order valence-electron chi connectivity index (χ1n) is 9.41. The van der Waals surface area contributed by atoms with Crippen LogP contribution < -0.4 is 19.7 Å². The zero-order valence-electron chi connectivity index (χ0n) is 16.0. The summed E-state index contributed by atoms with van der Waals surface area (Å²) >= 11 is 0. The Morgan fingerprint density at radius 2 is 1.85 bits per heavy atom. The summed E-state index contributed by atoms with van der Waals surface area (Å²) < 4.78 is 10.5. The van der Waals surface area contributed by atoms with Crippen LogP contribution in [0.1, 0.15) is 31.2 Å². The van der Waals surface area contributed by atoms with Gasteiger partial charge in [0.05, 0.1) is 26.1 Å². The number of benzene rings is 1. The van der Waals surface area contributed by atoms with E-state index in [2.05, 4.69) is 15.2 Å². The van der Waals surface area contributed by atoms with E-state index in [0.29, 0.717) is 30.2 Å². The summed E-state index contributed by atoms with van der Waals surface area (Å²) in [5.74, 6) is 1.89. The highest BCUT2D eigenvalue weighted by atomic mass is 16.5. The molecule has 0 atom stereocenters. The number of hydrogen-bond acceptors (Lipinski definition) is 5. The second kappa shape index (κ2) is 9.26. The molecule has 1 aromatic heterocycles. The monoisotopic (exact) mass is 369 g/mol. The molecular weight excluding hydrogens is 342 g/mol. The molecule has 1 saturated heterocycles. The lowest BCUT2D eigenvalue weighted by Gasteiger charge is -2.28. The van der Waals surface area contributed by atoms with E-state index in [4.69, 9.17) is 9.47 Å². The van der Waals surface area contributed by atoms with Crippen molar-refractivity contribution in [2.24, 2.45) is 0 Å². The van der Waals surface area contributed by atoms with E-state index >= 15 is 0 Å². The molecule has 1 aromatic carbocycles. The van der Waals surface area contributed by atoms with Gasteiger partial charge in [0.1, 0.15) is 5.82 Å². The van der Waals surface area contributed by atoms with E-state index in [0.717, 1.165) is 24.3 Å². The number of nitrogens with zero attached hydrogens (tertiary/aromatic N) is 2. The van der Waals surface area contributed by atoms with Gasteiger partial charge < -0.3 is 19.7 Å². The second-order valence-corrected chi connectivity index (χ2v) is 6.69. The van der Waals surface area contributed by atoms with Gasteiger partial charge >= 0.3 is 0 Å². The van der Waals surface area contributed by atoms with Crippen molar-refractivity contribution < 1.29 is 14.3 Å². The first-order valence-corrected chi connectivity index (χ1v) is 9.41. The number of aryl methyl sites for hydroxylation is 1. The van der Waals surface area contributed by atoms with Crippen LogP contribution in [-0.4, -0.2) is 38.2 Å². The lowest BCUT2D eigenvalue weighted by atomic mass is 10.1. The minimum absolute atomic E-state index is 0.0528. The van der Waals surface area contributed by atoms with Crippen molar-refractivity contribution in [1.82, 2.24) is 4.98 Å². The number of ether oxygens (including phenoxy) is 2. The molecule has 6 nitrogen and oxygen atoms in total. The van der Waals surface area contributed by atoms with Gasteiger partial charge in [0.15, 0.2) is 11.5 Å². The van der Waals surface area contributed by atoms with Gasteiger partial charge in [0.2, 0.25) is 5.91 Å². The van der Waals surface area contributed by atoms with Crippen LogP contribution in [0.3, 0.4) is 0 Å². The highest BCUT2D eigenvalue weighted by Gasteiger charge is 2.12. The summed E-state index contributed by atoms with van der Waals surface area (Å²) in [6, 6.07) is 9.60. The van der Waals surface area contributed by atoms with Crippen molar-refractivity contribution in [3.8, 4) is 11.5 Å². The summed E-state index contributed by atoms with van der Waals surface area (Å²) in [5.41, 5.74) is 2.15. The Bertz CT molecular complexity index is 756. The molecule has 144 valence electrons. The molecule has 0 bridgehead atoms. The van der Waals surface area contributed by atoms with Crippen LogP contribution in [0.5, 0.6) is 11.5 Å². The van der Waals surface area contributed by atoms with Crippen molar-refractivity contribution in [2.75, 3.05) is 37.5 Å². The number of nitrogens with one attached hydrogen (secondary N) is 1. The first-order chi connectivity index (χ1) is 13.2. The van der Waals surface area contributed by atoms with Crippen LogP contribution in [0, 0.1) is 0 Å². The van der Waals surface area contributed by atoms with E-state index in [9.17, 15) is 4.79 Å². The number of amides is 1. The SMILES string of the molecule is COc1ccc(CCC(=O)Nc2ccc(N3CCCCC3)cn2)cc1OC. The van der Waals surface area contributed by atoms with Crippen molar-refractivity contribution >= 4 is 17.4 Å². The van der Waals surface area contributed by atoms with Gasteiger partial charge in [-0.2, -0.15) is 0 Å². The number of rotatable bonds is 7. The minimum Gasteiger partial charge on any atom is -0.493 e. The smallest absolute Gasteiger partial charge is 0.225 e. The Morgan fingerprint density at radius 1 is 1.07 bits per heavy atom. The molecule has 0 unspecified atom stereocenters. The average molecular weight is 369 g/mol. The Morgan fingerprint density at radius 3 is 2.52 bits per heavy atom. The third kappa shape index (κ3) is 5.12. The average Bonchev–Trinajstić information content (AvgIpc) is 2.73. The molecule has 27 heavy (non-hydrogen) atoms. The van der Waals surface area contributed by atoms with Gasteiger partial charge in [-0.3, -0.25) is 4.79 Å². The molecule has 0 spiro atoms. The quantitative estimate of drug-likeness (QED) is 0.807. The number of aromatic nitrogens is 1. The summed E-state index contributed by atoms with van der Waals surface area (Å²) in [6.45, 7) is 2.16. The van der Waals surface area contributed by atoms with Crippen molar-refractivity contribution in [3.63, 3.8) is 0 Å². The number of carbonyl (C=O) groups is 1. The fraction of sp³-hybridized carbons (Fsp3) is 0.429. The number of methoxy groups -OCH3 is 2. The van der Waals surface area contributed by atoms with E-state index in [1.54, 1.807) is 14.2 Å². The fourth-order valence-corrected chi connectivity index (χ4v) is 3.30. The van der Waals surface area contributed by atoms with Gasteiger partial charge in [-0.1, -0.05) is 6.07 Å². The van der Waals surface area contributed by atoms with E-state index in [1.165, 1.54) is 19.3 Å². The van der Waals surface area contributed by atoms with Crippen LogP contribution in [-0.2, 0) is 11.2 Å². The van der Waals surface area contributed by atoms with Gasteiger partial charge in [-0.25, -0.2) is 4.98 Å². The maximum Gasteiger partial charge on any atom is 0.225 e. The largest absolute Gasteiger partial charge is 0.493 e. The van der Waals surface area contributed by atoms with Gasteiger partial charge in [-0.05, 0) is 55.5 Å². The molecule has 1 aliphatic heterocycles. The predicted molar refractivity (Wildman–Crippen MR) is 107 cm³/mol. The van der Waals surface area contributed by atoms with Crippen molar-refractivity contribution in [3.05, 3.63) is 42.1 Å². The summed E-state index contributed by atoms with van der Waals surface area (Å²) in [7, 11) is 3.21. The lowest BCUT2D eigenvalue weighted by molar-refractivity contribution is -0.116. The van der Waals surface area contributed by atoms with Crippen LogP contribution >= 0.6 is 0 Å².